The molecular formula is C144H300BrClFN3. The summed E-state index contributed by atoms with van der Waals surface area (Å²) < 4.78 is 4.46. The van der Waals surface area contributed by atoms with Gasteiger partial charge in [0.05, 0.1) is 78.5 Å². The fraction of sp³-hybridized carbons (Fsp3) is 1.00. The molecule has 0 unspecified atom stereocenters. The molecule has 0 aliphatic heterocycles. The second-order valence-corrected chi connectivity index (χ2v) is 50.9. The van der Waals surface area contributed by atoms with E-state index in [0.29, 0.717) is 0 Å². The van der Waals surface area contributed by atoms with E-state index in [0.717, 1.165) is 0 Å². The van der Waals surface area contributed by atoms with Crippen LogP contribution in [0.1, 0.15) is 854 Å². The Hall–Kier alpha value is 0.580. The Labute approximate surface area is 972 Å². The van der Waals surface area contributed by atoms with Crippen molar-refractivity contribution < 1.29 is 47.5 Å². The quantitative estimate of drug-likeness (QED) is 0.0421. The summed E-state index contributed by atoms with van der Waals surface area (Å²) in [6.45, 7) is 45.9. The van der Waals surface area contributed by atoms with Crippen molar-refractivity contribution in [1.82, 2.24) is 0 Å². The predicted molar refractivity (Wildman–Crippen MR) is 681 cm³/mol. The molecule has 0 N–H and O–H groups in total. The number of hydrogen-bond donors (Lipinski definition) is 0. The van der Waals surface area contributed by atoms with Crippen molar-refractivity contribution in [2.45, 2.75) is 854 Å². The van der Waals surface area contributed by atoms with E-state index in [1.807, 2.05) is 0 Å². The Kier molecular flexibility index (Phi) is 156. The van der Waals surface area contributed by atoms with Crippen molar-refractivity contribution in [3.8, 4) is 0 Å². The minimum atomic E-state index is 0. The predicted octanol–water partition coefficient (Wildman–Crippen LogP) is 43.5. The lowest BCUT2D eigenvalue weighted by Crippen LogP contribution is -3.00. The highest BCUT2D eigenvalue weighted by atomic mass is 79.9. The van der Waals surface area contributed by atoms with Crippen LogP contribution in [-0.4, -0.2) is 92.0 Å². The molecule has 0 spiro atoms. The molecule has 150 heavy (non-hydrogen) atoms. The van der Waals surface area contributed by atoms with Crippen molar-refractivity contribution >= 4 is 0 Å². The minimum Gasteiger partial charge on any atom is -1.00 e. The van der Waals surface area contributed by atoms with Gasteiger partial charge >= 0.3 is 0 Å². The third kappa shape index (κ3) is 132. The molecule has 0 rings (SSSR count). The molecule has 0 radical (unpaired) electrons. The van der Waals surface area contributed by atoms with Gasteiger partial charge < -0.3 is 47.5 Å². The largest absolute Gasteiger partial charge is 1.00 e. The van der Waals surface area contributed by atoms with E-state index in [1.54, 1.807) is 0 Å². The zero-order valence-electron chi connectivity index (χ0n) is 108. The van der Waals surface area contributed by atoms with Crippen LogP contribution in [0.25, 0.3) is 0 Å². The van der Waals surface area contributed by atoms with Crippen molar-refractivity contribution in [3.05, 3.63) is 0 Å². The molecule has 912 valence electrons. The molecule has 0 saturated heterocycles. The number of halogens is 3. The SMILES string of the molecule is CCCCCCCCCCCC[N+](CCCCCCCCCCCC)(CCCCCCCCCCCC)CCCCCCCCCCCC.CCCCCCCCCCCC[N+](CCCCCCCCCCCC)(CCCCCCCCCCCC)CCCCCCCCCCCC.CCCCCCCCCCCC[N+](CCCCCCCCCCCC)(CCCCCCCCCCCC)CCCCCCCCCCCC.[Br-].[Cl-].[F-]. The van der Waals surface area contributed by atoms with E-state index in [9.17, 15) is 0 Å². The first-order chi connectivity index (χ1) is 72.7. The van der Waals surface area contributed by atoms with Crippen LogP contribution in [0.15, 0.2) is 0 Å². The zero-order valence-corrected chi connectivity index (χ0v) is 110. The lowest BCUT2D eigenvalue weighted by atomic mass is 10.0. The fourth-order valence-corrected chi connectivity index (χ4v) is 25.2. The van der Waals surface area contributed by atoms with Gasteiger partial charge in [-0.1, -0.05) is 699 Å². The van der Waals surface area contributed by atoms with Crippen LogP contribution in [0.4, 0.5) is 0 Å². The molecule has 0 saturated carbocycles. The Morgan fingerprint density at radius 1 is 0.0733 bits per heavy atom. The van der Waals surface area contributed by atoms with Gasteiger partial charge in [0.25, 0.3) is 0 Å². The highest BCUT2D eigenvalue weighted by Gasteiger charge is 2.30. The van der Waals surface area contributed by atoms with E-state index < -0.39 is 0 Å². The normalized spacial score (nSPS) is 11.8. The first kappa shape index (κ1) is 161. The van der Waals surface area contributed by atoms with Crippen LogP contribution in [0.5, 0.6) is 0 Å². The summed E-state index contributed by atoms with van der Waals surface area (Å²) in [6, 6.07) is 0. The Balaban J connectivity index is -0.000000513. The minimum absolute atomic E-state index is 0. The lowest BCUT2D eigenvalue weighted by Gasteiger charge is -2.40. The van der Waals surface area contributed by atoms with E-state index in [2.05, 4.69) is 83.1 Å². The second-order valence-electron chi connectivity index (χ2n) is 50.9. The van der Waals surface area contributed by atoms with E-state index in [4.69, 9.17) is 0 Å². The van der Waals surface area contributed by atoms with Crippen LogP contribution in [0.2, 0.25) is 0 Å². The Bertz CT molecular complexity index is 1670. The molecule has 0 aliphatic carbocycles. The van der Waals surface area contributed by atoms with Crippen LogP contribution in [0, 0.1) is 0 Å². The maximum atomic E-state index is 2.34. The lowest BCUT2D eigenvalue weighted by molar-refractivity contribution is -0.929. The molecule has 0 amide bonds. The summed E-state index contributed by atoms with van der Waals surface area (Å²) in [5.41, 5.74) is 0. The van der Waals surface area contributed by atoms with Gasteiger partial charge in [-0.2, -0.15) is 0 Å². The smallest absolute Gasteiger partial charge is 0.0786 e. The maximum Gasteiger partial charge on any atom is 0.0786 e. The van der Waals surface area contributed by atoms with Gasteiger partial charge in [0.1, 0.15) is 0 Å². The topological polar surface area (TPSA) is 0 Å². The summed E-state index contributed by atoms with van der Waals surface area (Å²) in [4.78, 5) is 0. The highest BCUT2D eigenvalue weighted by Crippen LogP contribution is 2.29. The molecule has 0 aromatic rings. The molecule has 0 aromatic heterocycles. The number of nitrogens with zero attached hydrogens (tertiary/aromatic N) is 3. The van der Waals surface area contributed by atoms with E-state index in [1.165, 1.54) is 862 Å². The number of hydrogen-bond acceptors (Lipinski definition) is 0. The number of unbranched alkanes of at least 4 members (excludes halogenated alkanes) is 108. The second kappa shape index (κ2) is 146. The van der Waals surface area contributed by atoms with Gasteiger partial charge in [-0.25, -0.2) is 0 Å². The molecule has 0 aliphatic rings. The first-order valence-corrected chi connectivity index (χ1v) is 72.3. The summed E-state index contributed by atoms with van der Waals surface area (Å²) in [5.74, 6) is 0. The van der Waals surface area contributed by atoms with Crippen molar-refractivity contribution in [3.63, 3.8) is 0 Å². The molecule has 0 heterocycles. The average Bonchev–Trinajstić information content (AvgIpc) is 0.877. The summed E-state index contributed by atoms with van der Waals surface area (Å²) in [7, 11) is 0. The third-order valence-corrected chi connectivity index (χ3v) is 35.8. The fourth-order valence-electron chi connectivity index (χ4n) is 25.2. The summed E-state index contributed by atoms with van der Waals surface area (Å²) in [5, 5.41) is 0. The number of quaternary nitrogens is 3. The molecular weight excluding hydrogens is 1910 g/mol. The molecule has 6 heteroatoms. The number of rotatable bonds is 132. The van der Waals surface area contributed by atoms with Gasteiger partial charge in [0.2, 0.25) is 0 Å². The van der Waals surface area contributed by atoms with Crippen molar-refractivity contribution in [2.24, 2.45) is 0 Å². The Morgan fingerprint density at radius 3 is 0.160 bits per heavy atom. The molecule has 3 nitrogen and oxygen atoms in total. The van der Waals surface area contributed by atoms with Gasteiger partial charge in [0, 0.05) is 0 Å². The van der Waals surface area contributed by atoms with E-state index >= 15 is 0 Å². The zero-order chi connectivity index (χ0) is 107. The first-order valence-electron chi connectivity index (χ1n) is 72.3. The summed E-state index contributed by atoms with van der Waals surface area (Å²) >= 11 is 0. The average molecular weight is 2210 g/mol. The maximum absolute atomic E-state index is 2.34. The van der Waals surface area contributed by atoms with Crippen LogP contribution >= 0.6 is 0 Å². The monoisotopic (exact) mass is 2210 g/mol. The van der Waals surface area contributed by atoms with Gasteiger partial charge in [-0.3, -0.25) is 0 Å². The van der Waals surface area contributed by atoms with Gasteiger partial charge in [-0.15, -0.1) is 0 Å². The Morgan fingerprint density at radius 2 is 0.113 bits per heavy atom. The standard InChI is InChI=1S/3C48H100N.BrH.ClH.FH/c3*1-5-9-13-17-21-25-29-33-37-41-45-49(46-42-38-34-30-26-22-18-14-10-6-2,47-43-39-35-31-27-23-19-15-11-7-3)48-44-40-36-32-28-24-20-16-12-8-4;;;/h3*5-48H2,1-4H3;3*1H/q3*+1;;;/p-3. The molecule has 0 bridgehead atoms. The van der Waals surface area contributed by atoms with E-state index in [-0.39, 0.29) is 34.1 Å². The van der Waals surface area contributed by atoms with Crippen LogP contribution in [-0.2, 0) is 0 Å². The molecule has 0 aromatic carbocycles. The molecule has 0 atom stereocenters. The van der Waals surface area contributed by atoms with Crippen LogP contribution in [0.3, 0.4) is 0 Å². The summed E-state index contributed by atoms with van der Waals surface area (Å²) in [6.07, 6.45) is 176. The van der Waals surface area contributed by atoms with Crippen molar-refractivity contribution in [2.75, 3.05) is 78.5 Å². The van der Waals surface area contributed by atoms with Gasteiger partial charge in [-0.05, 0) is 154 Å². The third-order valence-electron chi connectivity index (χ3n) is 35.8. The highest BCUT2D eigenvalue weighted by molar-refractivity contribution is 4.65. The van der Waals surface area contributed by atoms with Crippen LogP contribution < -0.4 is 34.1 Å². The molecule has 0 fully saturated rings. The van der Waals surface area contributed by atoms with Crippen molar-refractivity contribution in [1.29, 1.82) is 0 Å². The van der Waals surface area contributed by atoms with Gasteiger partial charge in [0.15, 0.2) is 0 Å².